The maximum Gasteiger partial charge on any atom is 0.276 e. The zero-order chi connectivity index (χ0) is 19.1. The minimum Gasteiger partial charge on any atom is -0.446 e. The van der Waals surface area contributed by atoms with E-state index in [1.54, 1.807) is 11.2 Å². The molecule has 1 amide bonds. The second-order valence-electron chi connectivity index (χ2n) is 6.88. The first-order valence-corrected chi connectivity index (χ1v) is 9.15. The molecule has 5 rings (SSSR count). The molecule has 142 valence electrons. The molecular formula is C19H18N6O3. The van der Waals surface area contributed by atoms with Crippen molar-refractivity contribution in [1.82, 2.24) is 29.7 Å². The molecule has 0 N–H and O–H groups in total. The molecule has 0 bridgehead atoms. The summed E-state index contributed by atoms with van der Waals surface area (Å²) in [6.07, 6.45) is 4.88. The molecular weight excluding hydrogens is 360 g/mol. The quantitative estimate of drug-likeness (QED) is 0.538. The summed E-state index contributed by atoms with van der Waals surface area (Å²) in [4.78, 5) is 23.5. The largest absolute Gasteiger partial charge is 0.446 e. The van der Waals surface area contributed by atoms with Gasteiger partial charge in [-0.05, 0) is 31.9 Å². The average Bonchev–Trinajstić information content (AvgIpc) is 3.48. The number of carbonyl (C=O) groups is 1. The Labute approximate surface area is 159 Å². The fraction of sp³-hybridized carbons (Fsp3) is 0.316. The van der Waals surface area contributed by atoms with Crippen LogP contribution in [0.15, 0.2) is 45.9 Å². The Morgan fingerprint density at radius 2 is 2.18 bits per heavy atom. The van der Waals surface area contributed by atoms with Gasteiger partial charge in [0.25, 0.3) is 5.91 Å². The highest BCUT2D eigenvalue weighted by molar-refractivity contribution is 5.92. The maximum atomic E-state index is 13.0. The molecule has 9 nitrogen and oxygen atoms in total. The Bertz CT molecular complexity index is 1140. The number of aromatic nitrogens is 5. The van der Waals surface area contributed by atoms with E-state index in [0.29, 0.717) is 36.1 Å². The van der Waals surface area contributed by atoms with Gasteiger partial charge in [0.15, 0.2) is 5.69 Å². The summed E-state index contributed by atoms with van der Waals surface area (Å²) in [7, 11) is 0. The van der Waals surface area contributed by atoms with Crippen molar-refractivity contribution in [2.45, 2.75) is 32.4 Å². The molecule has 1 fully saturated rings. The predicted molar refractivity (Wildman–Crippen MR) is 97.4 cm³/mol. The molecule has 3 aromatic heterocycles. The fourth-order valence-electron chi connectivity index (χ4n) is 3.75. The standard InChI is InChI=1S/C19H18N6O3/c1-12-18(23-28-22-12)16-7-4-8-25(16)19(26)14-10-27-17(21-14)9-24-11-20-13-5-2-3-6-15(13)24/h2-3,5-6,10-11,16H,4,7-9H2,1H3. The average molecular weight is 378 g/mol. The summed E-state index contributed by atoms with van der Waals surface area (Å²) in [5.41, 5.74) is 3.60. The Kier molecular flexibility index (Phi) is 3.92. The molecule has 1 atom stereocenters. The number of carbonyl (C=O) groups excluding carboxylic acids is 1. The van der Waals surface area contributed by atoms with E-state index in [4.69, 9.17) is 9.05 Å². The summed E-state index contributed by atoms with van der Waals surface area (Å²) in [5, 5.41) is 7.81. The minimum atomic E-state index is -0.171. The van der Waals surface area contributed by atoms with Crippen molar-refractivity contribution in [2.75, 3.05) is 6.54 Å². The molecule has 1 aromatic carbocycles. The van der Waals surface area contributed by atoms with Crippen molar-refractivity contribution in [3.05, 3.63) is 59.8 Å². The van der Waals surface area contributed by atoms with Gasteiger partial charge in [-0.3, -0.25) is 4.79 Å². The molecule has 1 saturated heterocycles. The van der Waals surface area contributed by atoms with E-state index in [0.717, 1.165) is 23.9 Å². The summed E-state index contributed by atoms with van der Waals surface area (Å²) in [6, 6.07) is 7.70. The maximum absolute atomic E-state index is 13.0. The van der Waals surface area contributed by atoms with E-state index in [9.17, 15) is 4.79 Å². The molecule has 0 spiro atoms. The number of likely N-dealkylation sites (tertiary alicyclic amines) is 1. The lowest BCUT2D eigenvalue weighted by atomic mass is 10.1. The molecule has 1 unspecified atom stereocenters. The highest BCUT2D eigenvalue weighted by atomic mass is 16.6. The van der Waals surface area contributed by atoms with Crippen molar-refractivity contribution in [2.24, 2.45) is 0 Å². The van der Waals surface area contributed by atoms with Gasteiger partial charge in [-0.25, -0.2) is 14.6 Å². The zero-order valence-corrected chi connectivity index (χ0v) is 15.3. The van der Waals surface area contributed by atoms with Gasteiger partial charge in [0, 0.05) is 6.54 Å². The number of rotatable bonds is 4. The summed E-state index contributed by atoms with van der Waals surface area (Å²) in [6.45, 7) is 2.88. The molecule has 0 aliphatic carbocycles. The Hall–Kier alpha value is -3.49. The normalized spacial score (nSPS) is 16.9. The van der Waals surface area contributed by atoms with Gasteiger partial charge in [-0.1, -0.05) is 22.4 Å². The van der Waals surface area contributed by atoms with Crippen LogP contribution in [0.25, 0.3) is 11.0 Å². The minimum absolute atomic E-state index is 0.142. The van der Waals surface area contributed by atoms with Crippen molar-refractivity contribution in [3.8, 4) is 0 Å². The highest BCUT2D eigenvalue weighted by Gasteiger charge is 2.35. The van der Waals surface area contributed by atoms with E-state index in [2.05, 4.69) is 20.3 Å². The number of imidazole rings is 1. The summed E-state index contributed by atoms with van der Waals surface area (Å²) in [5.74, 6) is 0.289. The molecule has 1 aliphatic rings. The molecule has 9 heteroatoms. The number of amides is 1. The fourth-order valence-corrected chi connectivity index (χ4v) is 3.75. The van der Waals surface area contributed by atoms with Crippen molar-refractivity contribution >= 4 is 16.9 Å². The van der Waals surface area contributed by atoms with Gasteiger partial charge in [0.05, 0.1) is 23.4 Å². The van der Waals surface area contributed by atoms with Gasteiger partial charge >= 0.3 is 0 Å². The van der Waals surface area contributed by atoms with E-state index in [-0.39, 0.29) is 11.9 Å². The van der Waals surface area contributed by atoms with Crippen LogP contribution in [0.3, 0.4) is 0 Å². The number of oxazole rings is 1. The molecule has 4 heterocycles. The molecule has 28 heavy (non-hydrogen) atoms. The van der Waals surface area contributed by atoms with Crippen LogP contribution in [-0.4, -0.2) is 42.2 Å². The number of aryl methyl sites for hydroxylation is 1. The third-order valence-corrected chi connectivity index (χ3v) is 5.12. The summed E-state index contributed by atoms with van der Waals surface area (Å²) < 4.78 is 12.3. The number of hydrogen-bond acceptors (Lipinski definition) is 7. The topological polar surface area (TPSA) is 103 Å². The first-order chi connectivity index (χ1) is 13.7. The van der Waals surface area contributed by atoms with E-state index in [1.807, 2.05) is 35.8 Å². The van der Waals surface area contributed by atoms with Gasteiger partial charge in [-0.15, -0.1) is 0 Å². The lowest BCUT2D eigenvalue weighted by molar-refractivity contribution is 0.0724. The van der Waals surface area contributed by atoms with Gasteiger partial charge in [-0.2, -0.15) is 0 Å². The molecule has 0 radical (unpaired) electrons. The van der Waals surface area contributed by atoms with Crippen LogP contribution in [0, 0.1) is 6.92 Å². The van der Waals surface area contributed by atoms with Crippen molar-refractivity contribution in [3.63, 3.8) is 0 Å². The lowest BCUT2D eigenvalue weighted by Gasteiger charge is -2.21. The number of benzene rings is 1. The van der Waals surface area contributed by atoms with Gasteiger partial charge in [0.1, 0.15) is 24.2 Å². The molecule has 1 aliphatic heterocycles. The first kappa shape index (κ1) is 16.7. The molecule has 4 aromatic rings. The van der Waals surface area contributed by atoms with Crippen LogP contribution in [0.5, 0.6) is 0 Å². The SMILES string of the molecule is Cc1nonc1C1CCCN1C(=O)c1coc(Cn2cnc3ccccc32)n1. The third-order valence-electron chi connectivity index (χ3n) is 5.12. The second kappa shape index (κ2) is 6.59. The van der Waals surface area contributed by atoms with E-state index >= 15 is 0 Å². The summed E-state index contributed by atoms with van der Waals surface area (Å²) >= 11 is 0. The first-order valence-electron chi connectivity index (χ1n) is 9.15. The monoisotopic (exact) mass is 378 g/mol. The Balaban J connectivity index is 1.37. The number of para-hydroxylation sites is 2. The van der Waals surface area contributed by atoms with Gasteiger partial charge in [0.2, 0.25) is 5.89 Å². The lowest BCUT2D eigenvalue weighted by Crippen LogP contribution is -2.31. The van der Waals surface area contributed by atoms with E-state index in [1.165, 1.54) is 6.26 Å². The number of nitrogens with zero attached hydrogens (tertiary/aromatic N) is 6. The van der Waals surface area contributed by atoms with Crippen LogP contribution in [0.1, 0.15) is 46.7 Å². The number of fused-ring (bicyclic) bond motifs is 1. The Morgan fingerprint density at radius 1 is 1.29 bits per heavy atom. The van der Waals surface area contributed by atoms with Gasteiger partial charge < -0.3 is 13.9 Å². The smallest absolute Gasteiger partial charge is 0.276 e. The van der Waals surface area contributed by atoms with E-state index < -0.39 is 0 Å². The number of hydrogen-bond donors (Lipinski definition) is 0. The van der Waals surface area contributed by atoms with Crippen LogP contribution in [0.4, 0.5) is 0 Å². The Morgan fingerprint density at radius 3 is 3.04 bits per heavy atom. The van der Waals surface area contributed by atoms with Crippen molar-refractivity contribution in [1.29, 1.82) is 0 Å². The van der Waals surface area contributed by atoms with Crippen LogP contribution >= 0.6 is 0 Å². The zero-order valence-electron chi connectivity index (χ0n) is 15.3. The second-order valence-corrected chi connectivity index (χ2v) is 6.88. The van der Waals surface area contributed by atoms with Crippen LogP contribution in [0.2, 0.25) is 0 Å². The third kappa shape index (κ3) is 2.75. The van der Waals surface area contributed by atoms with Crippen molar-refractivity contribution < 1.29 is 13.8 Å². The van der Waals surface area contributed by atoms with Crippen LogP contribution in [-0.2, 0) is 6.54 Å². The van der Waals surface area contributed by atoms with Crippen LogP contribution < -0.4 is 0 Å². The highest BCUT2D eigenvalue weighted by Crippen LogP contribution is 2.33. The molecule has 0 saturated carbocycles. The predicted octanol–water partition coefficient (Wildman–Crippen LogP) is 2.74.